The Morgan fingerprint density at radius 2 is 1.78 bits per heavy atom. The van der Waals surface area contributed by atoms with Crippen LogP contribution in [0.3, 0.4) is 0 Å². The number of carbonyl (C=O) groups excluding carboxylic acids is 1. The summed E-state index contributed by atoms with van der Waals surface area (Å²) >= 11 is 2.13. The molecule has 13 heteroatoms. The van der Waals surface area contributed by atoms with E-state index in [0.29, 0.717) is 35.7 Å². The zero-order valence-electron chi connectivity index (χ0n) is 24.3. The van der Waals surface area contributed by atoms with Gasteiger partial charge in [0, 0.05) is 40.0 Å². The van der Waals surface area contributed by atoms with E-state index in [1.807, 2.05) is 12.1 Å². The van der Waals surface area contributed by atoms with Gasteiger partial charge >= 0.3 is 6.09 Å². The molecular weight excluding hydrogens is 711 g/mol. The predicted molar refractivity (Wildman–Crippen MR) is 175 cm³/mol. The minimum atomic E-state index is -4.39. The lowest BCUT2D eigenvalue weighted by Crippen LogP contribution is -2.49. The van der Waals surface area contributed by atoms with Crippen LogP contribution in [0.15, 0.2) is 90.0 Å². The highest BCUT2D eigenvalue weighted by Gasteiger charge is 2.58. The van der Waals surface area contributed by atoms with Crippen molar-refractivity contribution in [3.63, 3.8) is 0 Å². The van der Waals surface area contributed by atoms with Crippen LogP contribution >= 0.6 is 22.6 Å². The molecule has 1 aromatic heterocycles. The van der Waals surface area contributed by atoms with E-state index in [4.69, 9.17) is 9.47 Å². The number of anilines is 2. The second-order valence-electron chi connectivity index (χ2n) is 10.6. The van der Waals surface area contributed by atoms with E-state index in [2.05, 4.69) is 32.9 Å². The van der Waals surface area contributed by atoms with E-state index in [9.17, 15) is 23.1 Å². The molecule has 2 aliphatic heterocycles. The van der Waals surface area contributed by atoms with Crippen molar-refractivity contribution in [2.45, 2.75) is 23.3 Å². The maximum atomic E-state index is 14.9. The van der Waals surface area contributed by atoms with Crippen LogP contribution in [0, 0.1) is 3.57 Å². The normalized spacial score (nSPS) is 17.9. The molecule has 0 aliphatic carbocycles. The molecule has 2 amide bonds. The SMILES string of the molecule is CCOc1ncccc1C1(Nc2ccc(C3CN(C(=O)O)C3)cc2)C(=O)N(S(=O)(=O)c2ccc(OC)cc2)c2ccc(I)cc21. The molecule has 1 atom stereocenters. The van der Waals surface area contributed by atoms with Crippen LogP contribution in [0.5, 0.6) is 11.6 Å². The zero-order valence-corrected chi connectivity index (χ0v) is 27.3. The maximum absolute atomic E-state index is 14.9. The number of halogens is 1. The number of benzene rings is 3. The molecular formula is C32H29IN4O7S. The van der Waals surface area contributed by atoms with E-state index in [-0.39, 0.29) is 29.0 Å². The summed E-state index contributed by atoms with van der Waals surface area (Å²) < 4.78 is 41.2. The number of likely N-dealkylation sites (tertiary alicyclic amines) is 1. The van der Waals surface area contributed by atoms with Crippen LogP contribution in [0.4, 0.5) is 16.2 Å². The molecule has 3 aromatic carbocycles. The van der Waals surface area contributed by atoms with E-state index < -0.39 is 27.6 Å². The van der Waals surface area contributed by atoms with Crippen molar-refractivity contribution < 1.29 is 32.6 Å². The van der Waals surface area contributed by atoms with Crippen LogP contribution < -0.4 is 19.1 Å². The summed E-state index contributed by atoms with van der Waals surface area (Å²) in [5.74, 6) is -0.0171. The van der Waals surface area contributed by atoms with Gasteiger partial charge in [-0.25, -0.2) is 18.2 Å². The highest BCUT2D eigenvalue weighted by molar-refractivity contribution is 14.1. The van der Waals surface area contributed by atoms with Crippen molar-refractivity contribution in [3.8, 4) is 11.6 Å². The van der Waals surface area contributed by atoms with Gasteiger partial charge in [0.1, 0.15) is 5.75 Å². The van der Waals surface area contributed by atoms with Crippen molar-refractivity contribution in [3.05, 3.63) is 105 Å². The number of pyridine rings is 1. The molecule has 0 spiro atoms. The molecule has 0 saturated carbocycles. The molecule has 0 radical (unpaired) electrons. The van der Waals surface area contributed by atoms with Crippen molar-refractivity contribution in [1.29, 1.82) is 0 Å². The first-order valence-electron chi connectivity index (χ1n) is 14.1. The first-order valence-corrected chi connectivity index (χ1v) is 16.6. The highest BCUT2D eigenvalue weighted by Crippen LogP contribution is 2.51. The molecule has 6 rings (SSSR count). The fourth-order valence-corrected chi connectivity index (χ4v) is 7.69. The van der Waals surface area contributed by atoms with Crippen LogP contribution in [0.25, 0.3) is 0 Å². The van der Waals surface area contributed by atoms with Gasteiger partial charge in [-0.3, -0.25) is 4.79 Å². The lowest BCUT2D eigenvalue weighted by atomic mass is 9.83. The standard InChI is InChI=1S/C32H29IN4O7S/c1-3-44-29-26(5-4-16-34-29)32(35-23-9-6-20(7-10-23)21-18-36(19-21)31(39)40)27-17-22(33)8-15-28(27)37(30(32)38)45(41,42)25-13-11-24(43-2)12-14-25/h4-17,21,35H,3,18-19H2,1-2H3,(H,39,40). The molecule has 45 heavy (non-hydrogen) atoms. The van der Waals surface area contributed by atoms with E-state index in [1.54, 1.807) is 55.6 Å². The summed E-state index contributed by atoms with van der Waals surface area (Å²) in [5.41, 5.74) is 0.738. The van der Waals surface area contributed by atoms with Gasteiger partial charge in [-0.1, -0.05) is 12.1 Å². The first kappa shape index (κ1) is 30.6. The fraction of sp³-hybridized carbons (Fsp3) is 0.219. The summed E-state index contributed by atoms with van der Waals surface area (Å²) in [6, 6.07) is 21.8. The number of sulfonamides is 1. The van der Waals surface area contributed by atoms with Crippen LogP contribution in [-0.2, 0) is 20.4 Å². The number of nitrogens with one attached hydrogen (secondary N) is 1. The number of carboxylic acid groups (broad SMARTS) is 1. The Morgan fingerprint density at radius 1 is 1.07 bits per heavy atom. The number of methoxy groups -OCH3 is 1. The van der Waals surface area contributed by atoms with Gasteiger partial charge in [-0.2, -0.15) is 4.31 Å². The highest BCUT2D eigenvalue weighted by atomic mass is 127. The Morgan fingerprint density at radius 3 is 2.42 bits per heavy atom. The van der Waals surface area contributed by atoms with Gasteiger partial charge in [0.25, 0.3) is 15.9 Å². The smallest absolute Gasteiger partial charge is 0.407 e. The molecule has 4 aromatic rings. The van der Waals surface area contributed by atoms with Crippen molar-refractivity contribution in [2.75, 3.05) is 36.4 Å². The Labute approximate surface area is 274 Å². The largest absolute Gasteiger partial charge is 0.497 e. The van der Waals surface area contributed by atoms with Gasteiger partial charge in [-0.05, 0) is 102 Å². The van der Waals surface area contributed by atoms with Crippen molar-refractivity contribution in [2.24, 2.45) is 0 Å². The number of rotatable bonds is 9. The third kappa shape index (κ3) is 5.23. The zero-order chi connectivity index (χ0) is 31.9. The number of hydrogen-bond acceptors (Lipinski definition) is 8. The summed E-state index contributed by atoms with van der Waals surface area (Å²) in [6.45, 7) is 2.88. The molecule has 3 heterocycles. The molecule has 0 bridgehead atoms. The van der Waals surface area contributed by atoms with Gasteiger partial charge in [0.15, 0.2) is 5.54 Å². The van der Waals surface area contributed by atoms with E-state index in [0.717, 1.165) is 13.4 Å². The van der Waals surface area contributed by atoms with Gasteiger partial charge in [-0.15, -0.1) is 0 Å². The molecule has 2 N–H and O–H groups in total. The van der Waals surface area contributed by atoms with Gasteiger partial charge in [0.2, 0.25) is 5.88 Å². The number of carbonyl (C=O) groups is 2. The van der Waals surface area contributed by atoms with E-state index >= 15 is 0 Å². The van der Waals surface area contributed by atoms with Gasteiger partial charge < -0.3 is 24.8 Å². The minimum absolute atomic E-state index is 0.0625. The second kappa shape index (κ2) is 11.9. The molecule has 2 aliphatic rings. The molecule has 1 saturated heterocycles. The molecule has 232 valence electrons. The third-order valence-corrected chi connectivity index (χ3v) is 10.4. The van der Waals surface area contributed by atoms with E-state index in [1.165, 1.54) is 36.3 Å². The number of ether oxygens (including phenoxy) is 2. The number of aromatic nitrogens is 1. The summed E-state index contributed by atoms with van der Waals surface area (Å²) in [4.78, 5) is 31.9. The predicted octanol–water partition coefficient (Wildman–Crippen LogP) is 5.26. The monoisotopic (exact) mass is 740 g/mol. The average Bonchev–Trinajstić information content (AvgIpc) is 3.25. The minimum Gasteiger partial charge on any atom is -0.497 e. The van der Waals surface area contributed by atoms with Crippen molar-refractivity contribution in [1.82, 2.24) is 9.88 Å². The summed E-state index contributed by atoms with van der Waals surface area (Å²) in [7, 11) is -2.90. The number of fused-ring (bicyclic) bond motifs is 1. The lowest BCUT2D eigenvalue weighted by molar-refractivity contribution is -0.120. The Bertz CT molecular complexity index is 1880. The van der Waals surface area contributed by atoms with Crippen LogP contribution in [0.2, 0.25) is 0 Å². The Hall–Kier alpha value is -4.37. The average molecular weight is 741 g/mol. The Balaban J connectivity index is 1.50. The van der Waals surface area contributed by atoms with Crippen molar-refractivity contribution >= 4 is 56.0 Å². The third-order valence-electron chi connectivity index (χ3n) is 8.01. The second-order valence-corrected chi connectivity index (χ2v) is 13.6. The maximum Gasteiger partial charge on any atom is 0.407 e. The molecule has 11 nitrogen and oxygen atoms in total. The molecule has 1 unspecified atom stereocenters. The van der Waals surface area contributed by atoms with Gasteiger partial charge in [0.05, 0.1) is 29.9 Å². The number of amides is 2. The lowest BCUT2D eigenvalue weighted by Gasteiger charge is -2.37. The molecule has 1 fully saturated rings. The first-order chi connectivity index (χ1) is 21.6. The number of hydrogen-bond donors (Lipinski definition) is 2. The summed E-state index contributed by atoms with van der Waals surface area (Å²) in [5, 5.41) is 12.6. The van der Waals surface area contributed by atoms with Crippen LogP contribution in [-0.4, -0.2) is 62.2 Å². The topological polar surface area (TPSA) is 138 Å². The fourth-order valence-electron chi connectivity index (χ4n) is 5.73. The summed E-state index contributed by atoms with van der Waals surface area (Å²) in [6.07, 6.45) is 0.604. The number of nitrogens with zero attached hydrogens (tertiary/aromatic N) is 3. The Kier molecular flexibility index (Phi) is 8.07. The van der Waals surface area contributed by atoms with Crippen LogP contribution in [0.1, 0.15) is 29.5 Å². The quantitative estimate of drug-likeness (QED) is 0.220.